The Balaban J connectivity index is 2.20. The van der Waals surface area contributed by atoms with Gasteiger partial charge in [0.2, 0.25) is 11.8 Å². The standard InChI is InChI=1S/C14H18N4O/c1-14(2,3)9-4-6-10(7-5-9)19-12-8-11(15)17-13(16)18-12/h4-8H,1-3H3,(H4,15,16,17,18). The Morgan fingerprint density at radius 2 is 1.63 bits per heavy atom. The number of anilines is 2. The lowest BCUT2D eigenvalue weighted by atomic mass is 9.87. The van der Waals surface area contributed by atoms with E-state index in [0.717, 1.165) is 0 Å². The summed E-state index contributed by atoms with van der Waals surface area (Å²) in [5, 5.41) is 0. The van der Waals surface area contributed by atoms with E-state index in [1.54, 1.807) is 0 Å². The van der Waals surface area contributed by atoms with Crippen LogP contribution < -0.4 is 16.2 Å². The minimum absolute atomic E-state index is 0.0984. The van der Waals surface area contributed by atoms with Crippen LogP contribution >= 0.6 is 0 Å². The molecule has 0 aliphatic carbocycles. The Labute approximate surface area is 112 Å². The van der Waals surface area contributed by atoms with Gasteiger partial charge in [-0.3, -0.25) is 0 Å². The number of aromatic nitrogens is 2. The average molecular weight is 258 g/mol. The van der Waals surface area contributed by atoms with Crippen LogP contribution in [0.2, 0.25) is 0 Å². The number of nitrogen functional groups attached to an aromatic ring is 2. The van der Waals surface area contributed by atoms with E-state index >= 15 is 0 Å². The summed E-state index contributed by atoms with van der Waals surface area (Å²) in [4.78, 5) is 7.75. The van der Waals surface area contributed by atoms with E-state index in [1.165, 1.54) is 11.6 Å². The molecule has 1 aromatic heterocycles. The molecule has 2 rings (SSSR count). The third-order valence-corrected chi connectivity index (χ3v) is 2.68. The molecular weight excluding hydrogens is 240 g/mol. The predicted molar refractivity (Wildman–Crippen MR) is 76.1 cm³/mol. The van der Waals surface area contributed by atoms with Crippen molar-refractivity contribution in [1.29, 1.82) is 0 Å². The van der Waals surface area contributed by atoms with Gasteiger partial charge in [0, 0.05) is 6.07 Å². The highest BCUT2D eigenvalue weighted by atomic mass is 16.5. The Morgan fingerprint density at radius 3 is 2.16 bits per heavy atom. The molecule has 0 atom stereocenters. The molecule has 2 aromatic rings. The van der Waals surface area contributed by atoms with Crippen LogP contribution in [0.5, 0.6) is 11.6 Å². The number of benzene rings is 1. The fourth-order valence-corrected chi connectivity index (χ4v) is 1.66. The first-order chi connectivity index (χ1) is 8.84. The van der Waals surface area contributed by atoms with Crippen molar-refractivity contribution in [2.45, 2.75) is 26.2 Å². The van der Waals surface area contributed by atoms with Gasteiger partial charge < -0.3 is 16.2 Å². The number of ether oxygens (including phenoxy) is 1. The van der Waals surface area contributed by atoms with Crippen molar-refractivity contribution < 1.29 is 4.74 Å². The van der Waals surface area contributed by atoms with Crippen LogP contribution in [0.1, 0.15) is 26.3 Å². The summed E-state index contributed by atoms with van der Waals surface area (Å²) in [5.74, 6) is 1.41. The van der Waals surface area contributed by atoms with Gasteiger partial charge in [0.1, 0.15) is 11.6 Å². The van der Waals surface area contributed by atoms with Gasteiger partial charge >= 0.3 is 0 Å². The Bertz CT molecular complexity index is 553. The van der Waals surface area contributed by atoms with Gasteiger partial charge in [0.05, 0.1) is 0 Å². The van der Waals surface area contributed by atoms with Gasteiger partial charge in [-0.25, -0.2) is 0 Å². The predicted octanol–water partition coefficient (Wildman–Crippen LogP) is 2.73. The van der Waals surface area contributed by atoms with E-state index in [1.807, 2.05) is 24.3 Å². The van der Waals surface area contributed by atoms with Crippen LogP contribution in [0.25, 0.3) is 0 Å². The summed E-state index contributed by atoms with van der Waals surface area (Å²) in [6, 6.07) is 9.39. The number of hydrogen-bond acceptors (Lipinski definition) is 5. The number of nitrogens with zero attached hydrogens (tertiary/aromatic N) is 2. The maximum absolute atomic E-state index is 5.60. The molecule has 0 aliphatic heterocycles. The summed E-state index contributed by atoms with van der Waals surface area (Å²) >= 11 is 0. The first-order valence-electron chi connectivity index (χ1n) is 6.03. The number of rotatable bonds is 2. The van der Waals surface area contributed by atoms with Crippen molar-refractivity contribution in [3.8, 4) is 11.6 Å². The van der Waals surface area contributed by atoms with Crippen LogP contribution in [0.4, 0.5) is 11.8 Å². The molecule has 0 radical (unpaired) electrons. The molecule has 4 N–H and O–H groups in total. The van der Waals surface area contributed by atoms with Crippen molar-refractivity contribution in [2.24, 2.45) is 0 Å². The van der Waals surface area contributed by atoms with Gasteiger partial charge in [-0.15, -0.1) is 0 Å². The fourth-order valence-electron chi connectivity index (χ4n) is 1.66. The first kappa shape index (κ1) is 13.1. The molecule has 0 spiro atoms. The second-order valence-corrected chi connectivity index (χ2v) is 5.37. The fraction of sp³-hybridized carbons (Fsp3) is 0.286. The second kappa shape index (κ2) is 4.76. The third kappa shape index (κ3) is 3.34. The summed E-state index contributed by atoms with van der Waals surface area (Å²) < 4.78 is 5.60. The number of nitrogens with two attached hydrogens (primary N) is 2. The van der Waals surface area contributed by atoms with Gasteiger partial charge in [-0.05, 0) is 23.1 Å². The molecule has 0 fully saturated rings. The van der Waals surface area contributed by atoms with E-state index in [0.29, 0.717) is 11.6 Å². The molecule has 0 saturated heterocycles. The molecule has 0 saturated carbocycles. The number of hydrogen-bond donors (Lipinski definition) is 2. The van der Waals surface area contributed by atoms with Gasteiger partial charge in [-0.1, -0.05) is 32.9 Å². The summed E-state index contributed by atoms with van der Waals surface area (Å²) in [6.07, 6.45) is 0. The lowest BCUT2D eigenvalue weighted by Gasteiger charge is -2.19. The monoisotopic (exact) mass is 258 g/mol. The van der Waals surface area contributed by atoms with Crippen LogP contribution in [-0.2, 0) is 5.41 Å². The molecule has 5 heteroatoms. The molecule has 1 heterocycles. The topological polar surface area (TPSA) is 87.0 Å². The van der Waals surface area contributed by atoms with Gasteiger partial charge in [-0.2, -0.15) is 9.97 Å². The molecule has 0 bridgehead atoms. The Morgan fingerprint density at radius 1 is 1.00 bits per heavy atom. The molecule has 0 amide bonds. The van der Waals surface area contributed by atoms with Crippen molar-refractivity contribution in [1.82, 2.24) is 9.97 Å². The summed E-state index contributed by atoms with van der Waals surface area (Å²) in [6.45, 7) is 6.48. The lowest BCUT2D eigenvalue weighted by Crippen LogP contribution is -2.10. The summed E-state index contributed by atoms with van der Waals surface area (Å²) in [7, 11) is 0. The molecule has 0 unspecified atom stereocenters. The van der Waals surface area contributed by atoms with Crippen molar-refractivity contribution in [2.75, 3.05) is 11.5 Å². The van der Waals surface area contributed by atoms with Crippen LogP contribution in [0.3, 0.4) is 0 Å². The third-order valence-electron chi connectivity index (χ3n) is 2.68. The first-order valence-corrected chi connectivity index (χ1v) is 6.03. The maximum atomic E-state index is 5.60. The molecule has 100 valence electrons. The van der Waals surface area contributed by atoms with Crippen molar-refractivity contribution in [3.63, 3.8) is 0 Å². The van der Waals surface area contributed by atoms with Crippen LogP contribution in [-0.4, -0.2) is 9.97 Å². The minimum atomic E-state index is 0.0984. The molecule has 19 heavy (non-hydrogen) atoms. The highest BCUT2D eigenvalue weighted by Gasteiger charge is 2.13. The SMILES string of the molecule is CC(C)(C)c1ccc(Oc2cc(N)nc(N)n2)cc1. The minimum Gasteiger partial charge on any atom is -0.439 e. The molecular formula is C14H18N4O. The van der Waals surface area contributed by atoms with E-state index in [-0.39, 0.29) is 17.2 Å². The zero-order valence-electron chi connectivity index (χ0n) is 11.3. The quantitative estimate of drug-likeness (QED) is 0.864. The normalized spacial score (nSPS) is 11.3. The van der Waals surface area contributed by atoms with Gasteiger partial charge in [0.25, 0.3) is 0 Å². The van der Waals surface area contributed by atoms with Gasteiger partial charge in [0.15, 0.2) is 0 Å². The van der Waals surface area contributed by atoms with E-state index in [4.69, 9.17) is 16.2 Å². The zero-order valence-corrected chi connectivity index (χ0v) is 11.3. The van der Waals surface area contributed by atoms with E-state index in [9.17, 15) is 0 Å². The molecule has 1 aromatic carbocycles. The average Bonchev–Trinajstić information content (AvgIpc) is 2.26. The van der Waals surface area contributed by atoms with Crippen molar-refractivity contribution in [3.05, 3.63) is 35.9 Å². The highest BCUT2D eigenvalue weighted by Crippen LogP contribution is 2.26. The highest BCUT2D eigenvalue weighted by molar-refractivity contribution is 5.40. The van der Waals surface area contributed by atoms with Crippen molar-refractivity contribution >= 4 is 11.8 Å². The Hall–Kier alpha value is -2.30. The zero-order chi connectivity index (χ0) is 14.0. The molecule has 0 aliphatic rings. The van der Waals surface area contributed by atoms with E-state index < -0.39 is 0 Å². The maximum Gasteiger partial charge on any atom is 0.226 e. The van der Waals surface area contributed by atoms with Crippen LogP contribution in [0, 0.1) is 0 Å². The second-order valence-electron chi connectivity index (χ2n) is 5.37. The Kier molecular flexibility index (Phi) is 3.29. The molecule has 5 nitrogen and oxygen atoms in total. The van der Waals surface area contributed by atoms with Crippen LogP contribution in [0.15, 0.2) is 30.3 Å². The smallest absolute Gasteiger partial charge is 0.226 e. The summed E-state index contributed by atoms with van der Waals surface area (Å²) in [5.41, 5.74) is 12.4. The van der Waals surface area contributed by atoms with E-state index in [2.05, 4.69) is 30.7 Å². The largest absolute Gasteiger partial charge is 0.439 e. The lowest BCUT2D eigenvalue weighted by molar-refractivity contribution is 0.462.